The van der Waals surface area contributed by atoms with Crippen LogP contribution in [-0.2, 0) is 5.41 Å². The summed E-state index contributed by atoms with van der Waals surface area (Å²) in [5, 5.41) is 4.81. The van der Waals surface area contributed by atoms with Gasteiger partial charge in [-0.2, -0.15) is 0 Å². The van der Waals surface area contributed by atoms with Crippen LogP contribution in [0.4, 0.5) is 17.1 Å². The molecule has 0 saturated carbocycles. The minimum atomic E-state index is -0.214. The van der Waals surface area contributed by atoms with Crippen molar-refractivity contribution in [2.45, 2.75) is 19.3 Å². The number of furan rings is 1. The van der Waals surface area contributed by atoms with Gasteiger partial charge in [-0.05, 0) is 58.5 Å². The van der Waals surface area contributed by atoms with Gasteiger partial charge in [-0.15, -0.1) is 0 Å². The molecule has 7 aromatic rings. The normalized spacial score (nSPS) is 13.6. The monoisotopic (exact) mass is 501 g/mol. The maximum Gasteiger partial charge on any atom is 0.143 e. The standard InChI is InChI=1S/C37H27NO/c1-37(2)29-21-13-22-30(38(24-14-5-3-6-15-24)25-16-7-4-8-17-25)34(29)32-26-18-9-10-19-27(26)36-33(35(32)37)28-20-11-12-23-31(28)39-36/h3-23H,1-2H3. The predicted molar refractivity (Wildman–Crippen MR) is 163 cm³/mol. The average molecular weight is 502 g/mol. The van der Waals surface area contributed by atoms with Crippen molar-refractivity contribution in [1.29, 1.82) is 0 Å². The smallest absolute Gasteiger partial charge is 0.143 e. The van der Waals surface area contributed by atoms with Crippen molar-refractivity contribution in [3.63, 3.8) is 0 Å². The molecule has 0 radical (unpaired) electrons. The summed E-state index contributed by atoms with van der Waals surface area (Å²) >= 11 is 0. The first-order chi connectivity index (χ1) is 19.1. The fourth-order valence-corrected chi connectivity index (χ4v) is 6.75. The Balaban J connectivity index is 1.56. The lowest BCUT2D eigenvalue weighted by molar-refractivity contribution is 0.659. The van der Waals surface area contributed by atoms with Gasteiger partial charge in [-0.3, -0.25) is 0 Å². The molecule has 186 valence electrons. The first-order valence-corrected chi connectivity index (χ1v) is 13.5. The summed E-state index contributed by atoms with van der Waals surface area (Å²) in [7, 11) is 0. The molecule has 1 aliphatic carbocycles. The first-order valence-electron chi connectivity index (χ1n) is 13.5. The third-order valence-corrected chi connectivity index (χ3v) is 8.40. The van der Waals surface area contributed by atoms with Gasteiger partial charge in [-0.25, -0.2) is 0 Å². The van der Waals surface area contributed by atoms with Crippen molar-refractivity contribution >= 4 is 49.8 Å². The molecule has 0 aliphatic heterocycles. The van der Waals surface area contributed by atoms with Crippen LogP contribution in [0.3, 0.4) is 0 Å². The first kappa shape index (κ1) is 22.2. The Hall–Kier alpha value is -4.82. The molecule has 0 fully saturated rings. The van der Waals surface area contributed by atoms with Crippen LogP contribution in [0.1, 0.15) is 25.0 Å². The summed E-state index contributed by atoms with van der Waals surface area (Å²) in [6, 6.07) is 45.4. The Kier molecular flexibility index (Phi) is 4.60. The van der Waals surface area contributed by atoms with Gasteiger partial charge in [0.15, 0.2) is 0 Å². The maximum absolute atomic E-state index is 6.59. The van der Waals surface area contributed by atoms with Crippen molar-refractivity contribution in [2.24, 2.45) is 0 Å². The average Bonchev–Trinajstić information content (AvgIpc) is 3.48. The summed E-state index contributed by atoms with van der Waals surface area (Å²) in [5.74, 6) is 0. The molecule has 0 saturated heterocycles. The van der Waals surface area contributed by atoms with E-state index in [4.69, 9.17) is 4.42 Å². The quantitative estimate of drug-likeness (QED) is 0.239. The molecule has 1 aromatic heterocycles. The molecular weight excluding hydrogens is 474 g/mol. The molecule has 6 aromatic carbocycles. The largest absolute Gasteiger partial charge is 0.455 e. The Bertz CT molecular complexity index is 1990. The maximum atomic E-state index is 6.59. The van der Waals surface area contributed by atoms with Crippen molar-refractivity contribution < 1.29 is 4.42 Å². The fraction of sp³-hybridized carbons (Fsp3) is 0.0811. The summed E-state index contributed by atoms with van der Waals surface area (Å²) in [6.07, 6.45) is 0. The van der Waals surface area contributed by atoms with Crippen molar-refractivity contribution in [3.05, 3.63) is 139 Å². The minimum Gasteiger partial charge on any atom is -0.455 e. The zero-order valence-electron chi connectivity index (χ0n) is 22.0. The molecule has 0 bridgehead atoms. The van der Waals surface area contributed by atoms with Crippen molar-refractivity contribution in [2.75, 3.05) is 4.90 Å². The van der Waals surface area contributed by atoms with Crippen LogP contribution in [0.25, 0.3) is 43.8 Å². The Morgan fingerprint density at radius 3 is 1.82 bits per heavy atom. The predicted octanol–water partition coefficient (Wildman–Crippen LogP) is 10.5. The van der Waals surface area contributed by atoms with Crippen molar-refractivity contribution in [1.82, 2.24) is 0 Å². The number of fused-ring (bicyclic) bond motifs is 10. The molecule has 0 spiro atoms. The van der Waals surface area contributed by atoms with Crippen LogP contribution < -0.4 is 4.90 Å². The molecule has 0 amide bonds. The van der Waals surface area contributed by atoms with Crippen LogP contribution >= 0.6 is 0 Å². The summed E-state index contributed by atoms with van der Waals surface area (Å²) in [5.41, 5.74) is 10.5. The van der Waals surface area contributed by atoms with E-state index in [0.29, 0.717) is 0 Å². The van der Waals surface area contributed by atoms with Gasteiger partial charge in [0.2, 0.25) is 0 Å². The number of anilines is 3. The lowest BCUT2D eigenvalue weighted by atomic mass is 9.79. The van der Waals surface area contributed by atoms with Crippen LogP contribution in [-0.4, -0.2) is 0 Å². The lowest BCUT2D eigenvalue weighted by Crippen LogP contribution is -2.16. The fourth-order valence-electron chi connectivity index (χ4n) is 6.75. The molecule has 39 heavy (non-hydrogen) atoms. The molecule has 2 heteroatoms. The molecule has 1 heterocycles. The number of para-hydroxylation sites is 3. The van der Waals surface area contributed by atoms with E-state index in [1.165, 1.54) is 44.1 Å². The van der Waals surface area contributed by atoms with E-state index in [0.717, 1.165) is 27.9 Å². The second-order valence-electron chi connectivity index (χ2n) is 10.9. The zero-order chi connectivity index (χ0) is 26.1. The molecular formula is C37H27NO. The van der Waals surface area contributed by atoms with Gasteiger partial charge < -0.3 is 9.32 Å². The van der Waals surface area contributed by atoms with E-state index in [9.17, 15) is 0 Å². The molecule has 2 nitrogen and oxygen atoms in total. The topological polar surface area (TPSA) is 16.4 Å². The van der Waals surface area contributed by atoms with E-state index < -0.39 is 0 Å². The lowest BCUT2D eigenvalue weighted by Gasteiger charge is -2.28. The molecule has 0 N–H and O–H groups in total. The molecule has 8 rings (SSSR count). The second-order valence-corrected chi connectivity index (χ2v) is 10.9. The number of hydrogen-bond acceptors (Lipinski definition) is 2. The summed E-state index contributed by atoms with van der Waals surface area (Å²) in [4.78, 5) is 2.40. The van der Waals surface area contributed by atoms with Crippen molar-refractivity contribution in [3.8, 4) is 11.1 Å². The highest BCUT2D eigenvalue weighted by molar-refractivity contribution is 6.24. The summed E-state index contributed by atoms with van der Waals surface area (Å²) < 4.78 is 6.59. The van der Waals surface area contributed by atoms with E-state index >= 15 is 0 Å². The third kappa shape index (κ3) is 3.03. The van der Waals surface area contributed by atoms with E-state index in [1.807, 2.05) is 0 Å². The molecule has 1 aliphatic rings. The third-order valence-electron chi connectivity index (χ3n) is 8.40. The van der Waals surface area contributed by atoms with Gasteiger partial charge in [-0.1, -0.05) is 105 Å². The number of hydrogen-bond donors (Lipinski definition) is 0. The Labute approximate surface area is 227 Å². The highest BCUT2D eigenvalue weighted by atomic mass is 16.3. The molecule has 0 unspecified atom stereocenters. The van der Waals surface area contributed by atoms with E-state index in [-0.39, 0.29) is 5.41 Å². The zero-order valence-corrected chi connectivity index (χ0v) is 22.0. The SMILES string of the molecule is CC1(C)c2cccc(N(c3ccccc3)c3ccccc3)c2-c2c1c1c3ccccc3oc1c1ccccc21. The van der Waals surface area contributed by atoms with Gasteiger partial charge in [0.25, 0.3) is 0 Å². The highest BCUT2D eigenvalue weighted by Gasteiger charge is 2.41. The van der Waals surface area contributed by atoms with E-state index in [2.05, 4.69) is 146 Å². The van der Waals surface area contributed by atoms with Gasteiger partial charge in [0, 0.05) is 38.5 Å². The van der Waals surface area contributed by atoms with Crippen LogP contribution in [0.5, 0.6) is 0 Å². The van der Waals surface area contributed by atoms with Gasteiger partial charge in [0.05, 0.1) is 5.69 Å². The van der Waals surface area contributed by atoms with Crippen LogP contribution in [0, 0.1) is 0 Å². The Morgan fingerprint density at radius 1 is 0.538 bits per heavy atom. The minimum absolute atomic E-state index is 0.214. The second kappa shape index (κ2) is 8.09. The number of rotatable bonds is 3. The summed E-state index contributed by atoms with van der Waals surface area (Å²) in [6.45, 7) is 4.74. The molecule has 0 atom stereocenters. The van der Waals surface area contributed by atoms with Crippen LogP contribution in [0.15, 0.2) is 132 Å². The van der Waals surface area contributed by atoms with E-state index in [1.54, 1.807) is 0 Å². The highest BCUT2D eigenvalue weighted by Crippen LogP contribution is 2.59. The van der Waals surface area contributed by atoms with Gasteiger partial charge >= 0.3 is 0 Å². The number of nitrogens with zero attached hydrogens (tertiary/aromatic N) is 1. The Morgan fingerprint density at radius 2 is 1.13 bits per heavy atom. The van der Waals surface area contributed by atoms with Gasteiger partial charge in [0.1, 0.15) is 11.2 Å². The number of benzene rings is 6. The van der Waals surface area contributed by atoms with Crippen LogP contribution in [0.2, 0.25) is 0 Å².